The molecule has 2 nitrogen and oxygen atoms in total. The van der Waals surface area contributed by atoms with Gasteiger partial charge in [0.05, 0.1) is 4.60 Å². The first-order chi connectivity index (χ1) is 9.72. The van der Waals surface area contributed by atoms with Gasteiger partial charge in [-0.05, 0) is 84.0 Å². The van der Waals surface area contributed by atoms with Crippen LogP contribution in [-0.2, 0) is 6.42 Å². The van der Waals surface area contributed by atoms with Gasteiger partial charge in [0.15, 0.2) is 0 Å². The standard InChI is InChI=1S/C17H23BrN2/c1-3-14-15-11-13(5-6-16(15)19-17(14)18)12-7-9-20(4-2)10-8-12/h5-6,11-12,19H,3-4,7-10H2,1-2H3. The van der Waals surface area contributed by atoms with Crippen LogP contribution in [-0.4, -0.2) is 29.5 Å². The minimum absolute atomic E-state index is 0.737. The molecule has 3 rings (SSSR count). The molecular weight excluding hydrogens is 312 g/mol. The number of aryl methyl sites for hydroxylation is 1. The van der Waals surface area contributed by atoms with E-state index in [1.165, 1.54) is 54.5 Å². The van der Waals surface area contributed by atoms with Crippen molar-refractivity contribution in [1.82, 2.24) is 9.88 Å². The summed E-state index contributed by atoms with van der Waals surface area (Å²) in [6.45, 7) is 8.17. The molecule has 1 saturated heterocycles. The second kappa shape index (κ2) is 5.90. The summed E-state index contributed by atoms with van der Waals surface area (Å²) in [5, 5.41) is 1.40. The molecule has 0 atom stereocenters. The van der Waals surface area contributed by atoms with E-state index < -0.39 is 0 Å². The van der Waals surface area contributed by atoms with Crippen LogP contribution in [0.1, 0.15) is 43.7 Å². The highest BCUT2D eigenvalue weighted by molar-refractivity contribution is 9.10. The van der Waals surface area contributed by atoms with Crippen molar-refractivity contribution in [2.75, 3.05) is 19.6 Å². The van der Waals surface area contributed by atoms with E-state index >= 15 is 0 Å². The normalized spacial score (nSPS) is 17.9. The molecule has 0 unspecified atom stereocenters. The van der Waals surface area contributed by atoms with Gasteiger partial charge in [-0.3, -0.25) is 0 Å². The summed E-state index contributed by atoms with van der Waals surface area (Å²) in [6, 6.07) is 6.99. The molecule has 0 spiro atoms. The number of fused-ring (bicyclic) bond motifs is 1. The van der Waals surface area contributed by atoms with Crippen molar-refractivity contribution in [2.45, 2.75) is 39.0 Å². The number of likely N-dealkylation sites (tertiary alicyclic amines) is 1. The van der Waals surface area contributed by atoms with Crippen molar-refractivity contribution in [3.8, 4) is 0 Å². The van der Waals surface area contributed by atoms with E-state index in [4.69, 9.17) is 0 Å². The van der Waals surface area contributed by atoms with E-state index in [2.05, 4.69) is 57.9 Å². The molecule has 1 aliphatic rings. The number of benzene rings is 1. The van der Waals surface area contributed by atoms with Crippen LogP contribution in [0.2, 0.25) is 0 Å². The average molecular weight is 335 g/mol. The van der Waals surface area contributed by atoms with Crippen molar-refractivity contribution in [3.63, 3.8) is 0 Å². The van der Waals surface area contributed by atoms with Crippen LogP contribution >= 0.6 is 15.9 Å². The highest BCUT2D eigenvalue weighted by Gasteiger charge is 2.20. The molecule has 1 N–H and O–H groups in total. The van der Waals surface area contributed by atoms with Gasteiger partial charge in [-0.1, -0.05) is 19.9 Å². The Labute approximate surface area is 129 Å². The number of hydrogen-bond acceptors (Lipinski definition) is 1. The van der Waals surface area contributed by atoms with Crippen molar-refractivity contribution >= 4 is 26.8 Å². The Morgan fingerprint density at radius 3 is 2.65 bits per heavy atom. The molecule has 1 aromatic heterocycles. The predicted molar refractivity (Wildman–Crippen MR) is 89.5 cm³/mol. The van der Waals surface area contributed by atoms with Crippen molar-refractivity contribution in [3.05, 3.63) is 33.9 Å². The number of aromatic nitrogens is 1. The second-order valence-corrected chi connectivity index (χ2v) is 6.58. The molecule has 1 fully saturated rings. The van der Waals surface area contributed by atoms with Crippen LogP contribution in [0.5, 0.6) is 0 Å². The lowest BCUT2D eigenvalue weighted by molar-refractivity contribution is 0.222. The molecule has 20 heavy (non-hydrogen) atoms. The zero-order valence-electron chi connectivity index (χ0n) is 12.4. The predicted octanol–water partition coefficient (Wildman–Crippen LogP) is 4.69. The summed E-state index contributed by atoms with van der Waals surface area (Å²) in [5.74, 6) is 0.737. The molecule has 3 heteroatoms. The summed E-state index contributed by atoms with van der Waals surface area (Å²) in [6.07, 6.45) is 3.66. The van der Waals surface area contributed by atoms with Gasteiger partial charge in [-0.15, -0.1) is 0 Å². The molecule has 1 aliphatic heterocycles. The zero-order chi connectivity index (χ0) is 14.1. The SMILES string of the molecule is CCc1c(Br)[nH]c2ccc(C3CCN(CC)CC3)cc12. The third-order valence-corrected chi connectivity index (χ3v) is 5.41. The summed E-state index contributed by atoms with van der Waals surface area (Å²) in [7, 11) is 0. The Kier molecular flexibility index (Phi) is 4.18. The van der Waals surface area contributed by atoms with Gasteiger partial charge in [0.25, 0.3) is 0 Å². The third kappa shape index (κ3) is 2.53. The maximum absolute atomic E-state index is 3.65. The topological polar surface area (TPSA) is 19.0 Å². The van der Waals surface area contributed by atoms with E-state index in [9.17, 15) is 0 Å². The lowest BCUT2D eigenvalue weighted by atomic mass is 9.88. The number of aromatic amines is 1. The van der Waals surface area contributed by atoms with Crippen molar-refractivity contribution in [1.29, 1.82) is 0 Å². The van der Waals surface area contributed by atoms with E-state index in [0.29, 0.717) is 0 Å². The monoisotopic (exact) mass is 334 g/mol. The molecule has 0 aliphatic carbocycles. The molecule has 0 radical (unpaired) electrons. The third-order valence-electron chi connectivity index (χ3n) is 4.74. The molecule has 0 saturated carbocycles. The quantitative estimate of drug-likeness (QED) is 0.862. The molecule has 108 valence electrons. The van der Waals surface area contributed by atoms with E-state index in [1.54, 1.807) is 0 Å². The van der Waals surface area contributed by atoms with Crippen LogP contribution in [0.3, 0.4) is 0 Å². The van der Waals surface area contributed by atoms with Crippen LogP contribution in [0.25, 0.3) is 10.9 Å². The van der Waals surface area contributed by atoms with E-state index in [0.717, 1.165) is 16.9 Å². The molecular formula is C17H23BrN2. The van der Waals surface area contributed by atoms with E-state index in [1.807, 2.05) is 0 Å². The van der Waals surface area contributed by atoms with Gasteiger partial charge >= 0.3 is 0 Å². The molecule has 2 heterocycles. The highest BCUT2D eigenvalue weighted by Crippen LogP contribution is 2.33. The van der Waals surface area contributed by atoms with Gasteiger partial charge in [0.1, 0.15) is 0 Å². The van der Waals surface area contributed by atoms with Crippen molar-refractivity contribution < 1.29 is 0 Å². The smallest absolute Gasteiger partial charge is 0.0863 e. The number of nitrogens with zero attached hydrogens (tertiary/aromatic N) is 1. The first-order valence-corrected chi connectivity index (χ1v) is 8.54. The minimum atomic E-state index is 0.737. The second-order valence-electron chi connectivity index (χ2n) is 5.78. The number of piperidine rings is 1. The zero-order valence-corrected chi connectivity index (χ0v) is 14.0. The number of H-pyrrole nitrogens is 1. The molecule has 0 amide bonds. The lowest BCUT2D eigenvalue weighted by Gasteiger charge is -2.31. The van der Waals surface area contributed by atoms with Crippen LogP contribution < -0.4 is 0 Å². The number of hydrogen-bond donors (Lipinski definition) is 1. The Balaban J connectivity index is 1.89. The highest BCUT2D eigenvalue weighted by atomic mass is 79.9. The van der Waals surface area contributed by atoms with Gasteiger partial charge in [-0.2, -0.15) is 0 Å². The van der Waals surface area contributed by atoms with Gasteiger partial charge < -0.3 is 9.88 Å². The van der Waals surface area contributed by atoms with Gasteiger partial charge in [0.2, 0.25) is 0 Å². The fraction of sp³-hybridized carbons (Fsp3) is 0.529. The van der Waals surface area contributed by atoms with Gasteiger partial charge in [0, 0.05) is 10.9 Å². The van der Waals surface area contributed by atoms with E-state index in [-0.39, 0.29) is 0 Å². The fourth-order valence-electron chi connectivity index (χ4n) is 3.41. The summed E-state index contributed by atoms with van der Waals surface area (Å²) >= 11 is 3.65. The number of rotatable bonds is 3. The lowest BCUT2D eigenvalue weighted by Crippen LogP contribution is -2.32. The van der Waals surface area contributed by atoms with Gasteiger partial charge in [-0.25, -0.2) is 0 Å². The number of halogens is 1. The maximum atomic E-state index is 3.65. The minimum Gasteiger partial charge on any atom is -0.349 e. The summed E-state index contributed by atoms with van der Waals surface area (Å²) in [4.78, 5) is 5.99. The summed E-state index contributed by atoms with van der Waals surface area (Å²) < 4.78 is 1.15. The maximum Gasteiger partial charge on any atom is 0.0863 e. The van der Waals surface area contributed by atoms with Crippen LogP contribution in [0, 0.1) is 0 Å². The molecule has 0 bridgehead atoms. The Hall–Kier alpha value is -0.800. The Morgan fingerprint density at radius 1 is 1.25 bits per heavy atom. The van der Waals surface area contributed by atoms with Crippen molar-refractivity contribution in [2.24, 2.45) is 0 Å². The molecule has 1 aromatic carbocycles. The largest absolute Gasteiger partial charge is 0.349 e. The first-order valence-electron chi connectivity index (χ1n) is 7.75. The first kappa shape index (κ1) is 14.2. The molecule has 2 aromatic rings. The summed E-state index contributed by atoms with van der Waals surface area (Å²) in [5.41, 5.74) is 4.19. The Morgan fingerprint density at radius 2 is 2.00 bits per heavy atom. The van der Waals surface area contributed by atoms with Crippen LogP contribution in [0.15, 0.2) is 22.8 Å². The van der Waals surface area contributed by atoms with Crippen LogP contribution in [0.4, 0.5) is 0 Å². The number of nitrogens with one attached hydrogen (secondary N) is 1. The average Bonchev–Trinajstić information content (AvgIpc) is 2.81. The fourth-order valence-corrected chi connectivity index (χ4v) is 4.12. The Bertz CT molecular complexity index is 594.